The number of nitrogens with zero attached hydrogens (tertiary/aromatic N) is 1. The minimum Gasteiger partial charge on any atom is -0.491 e. The van der Waals surface area contributed by atoms with Gasteiger partial charge in [0.15, 0.2) is 0 Å². The van der Waals surface area contributed by atoms with Gasteiger partial charge in [-0.2, -0.15) is 0 Å². The second-order valence-electron chi connectivity index (χ2n) is 4.65. The lowest BCUT2D eigenvalue weighted by Crippen LogP contribution is -2.40. The number of likely N-dealkylation sites (tertiary alicyclic amines) is 1. The van der Waals surface area contributed by atoms with E-state index in [-0.39, 0.29) is 24.4 Å². The van der Waals surface area contributed by atoms with Crippen molar-refractivity contribution in [2.45, 2.75) is 25.3 Å². The van der Waals surface area contributed by atoms with Crippen molar-refractivity contribution in [1.29, 1.82) is 0 Å². The predicted molar refractivity (Wildman–Crippen MR) is 82.6 cm³/mol. The number of ether oxygens (including phenoxy) is 1. The molecule has 1 amide bonds. The van der Waals surface area contributed by atoms with Gasteiger partial charge in [0.1, 0.15) is 5.75 Å². The van der Waals surface area contributed by atoms with E-state index in [1.807, 2.05) is 17.0 Å². The van der Waals surface area contributed by atoms with Gasteiger partial charge < -0.3 is 15.4 Å². The monoisotopic (exact) mass is 318 g/mol. The Morgan fingerprint density at radius 2 is 2.20 bits per heavy atom. The van der Waals surface area contributed by atoms with Crippen molar-refractivity contribution < 1.29 is 9.53 Å². The number of rotatable bonds is 5. The molecule has 4 nitrogen and oxygen atoms in total. The minimum atomic E-state index is 0. The fourth-order valence-corrected chi connectivity index (χ4v) is 2.55. The highest BCUT2D eigenvalue weighted by atomic mass is 35.5. The fourth-order valence-electron chi connectivity index (χ4n) is 2.36. The largest absolute Gasteiger partial charge is 0.491 e. The highest BCUT2D eigenvalue weighted by molar-refractivity contribution is 6.32. The van der Waals surface area contributed by atoms with E-state index in [0.717, 1.165) is 19.4 Å². The molecule has 0 spiro atoms. The van der Waals surface area contributed by atoms with Crippen LogP contribution >= 0.6 is 24.0 Å². The fraction of sp³-hybridized carbons (Fsp3) is 0.500. The smallest absolute Gasteiger partial charge is 0.226 e. The first-order chi connectivity index (χ1) is 9.22. The third kappa shape index (κ3) is 4.27. The van der Waals surface area contributed by atoms with E-state index in [9.17, 15) is 4.79 Å². The Balaban J connectivity index is 0.00000200. The zero-order valence-electron chi connectivity index (χ0n) is 11.3. The maximum atomic E-state index is 12.0. The van der Waals surface area contributed by atoms with Gasteiger partial charge in [-0.25, -0.2) is 0 Å². The summed E-state index contributed by atoms with van der Waals surface area (Å²) >= 11 is 5.98. The van der Waals surface area contributed by atoms with Crippen LogP contribution in [0.15, 0.2) is 24.3 Å². The molecule has 0 radical (unpaired) electrons. The number of nitrogens with two attached hydrogens (primary N) is 1. The van der Waals surface area contributed by atoms with Crippen LogP contribution in [0.25, 0.3) is 0 Å². The van der Waals surface area contributed by atoms with Gasteiger partial charge in [0.2, 0.25) is 5.91 Å². The van der Waals surface area contributed by atoms with E-state index in [1.165, 1.54) is 0 Å². The number of carbonyl (C=O) groups is 1. The lowest BCUT2D eigenvalue weighted by atomic mass is 10.2. The van der Waals surface area contributed by atoms with Crippen LogP contribution in [0.3, 0.4) is 0 Å². The molecule has 1 atom stereocenters. The molecule has 0 aromatic heterocycles. The van der Waals surface area contributed by atoms with E-state index >= 15 is 0 Å². The van der Waals surface area contributed by atoms with Crippen molar-refractivity contribution in [2.24, 2.45) is 5.73 Å². The molecule has 0 saturated carbocycles. The molecule has 1 aromatic carbocycles. The van der Waals surface area contributed by atoms with Gasteiger partial charge in [0.25, 0.3) is 0 Å². The number of amides is 1. The molecule has 1 aliphatic rings. The van der Waals surface area contributed by atoms with E-state index in [1.54, 1.807) is 12.1 Å². The SMILES string of the molecule is Cl.NCC1CCCN1C(=O)CCOc1ccccc1Cl. The third-order valence-corrected chi connectivity index (χ3v) is 3.69. The Hall–Kier alpha value is -0.970. The van der Waals surface area contributed by atoms with Gasteiger partial charge in [0, 0.05) is 19.1 Å². The van der Waals surface area contributed by atoms with Crippen molar-refractivity contribution in [3.05, 3.63) is 29.3 Å². The second-order valence-corrected chi connectivity index (χ2v) is 5.05. The van der Waals surface area contributed by atoms with Crippen LogP contribution < -0.4 is 10.5 Å². The van der Waals surface area contributed by atoms with Crippen LogP contribution in [-0.4, -0.2) is 36.5 Å². The summed E-state index contributed by atoms with van der Waals surface area (Å²) in [5, 5.41) is 0.566. The number of halogens is 2. The molecule has 1 unspecified atom stereocenters. The van der Waals surface area contributed by atoms with Crippen LogP contribution in [-0.2, 0) is 4.79 Å². The molecule has 112 valence electrons. The topological polar surface area (TPSA) is 55.6 Å². The van der Waals surface area contributed by atoms with Crippen LogP contribution in [0.2, 0.25) is 5.02 Å². The van der Waals surface area contributed by atoms with Gasteiger partial charge in [-0.1, -0.05) is 23.7 Å². The molecule has 2 rings (SSSR count). The van der Waals surface area contributed by atoms with Gasteiger partial charge in [-0.3, -0.25) is 4.79 Å². The summed E-state index contributed by atoms with van der Waals surface area (Å²) in [5.41, 5.74) is 5.66. The lowest BCUT2D eigenvalue weighted by Gasteiger charge is -2.23. The maximum absolute atomic E-state index is 12.0. The summed E-state index contributed by atoms with van der Waals surface area (Å²) in [6, 6.07) is 7.46. The Bertz CT molecular complexity index is 443. The highest BCUT2D eigenvalue weighted by Gasteiger charge is 2.26. The highest BCUT2D eigenvalue weighted by Crippen LogP contribution is 2.23. The summed E-state index contributed by atoms with van der Waals surface area (Å²) in [5.74, 6) is 0.730. The van der Waals surface area contributed by atoms with E-state index in [0.29, 0.717) is 30.3 Å². The van der Waals surface area contributed by atoms with Crippen LogP contribution in [0.4, 0.5) is 0 Å². The number of para-hydroxylation sites is 1. The van der Waals surface area contributed by atoms with E-state index in [2.05, 4.69) is 0 Å². The van der Waals surface area contributed by atoms with Gasteiger partial charge in [-0.15, -0.1) is 12.4 Å². The zero-order valence-corrected chi connectivity index (χ0v) is 12.8. The molecule has 1 aromatic rings. The molecule has 6 heteroatoms. The average Bonchev–Trinajstić information content (AvgIpc) is 2.89. The summed E-state index contributed by atoms with van der Waals surface area (Å²) < 4.78 is 5.53. The summed E-state index contributed by atoms with van der Waals surface area (Å²) in [6.07, 6.45) is 2.41. The Morgan fingerprint density at radius 1 is 1.45 bits per heavy atom. The standard InChI is InChI=1S/C14H19ClN2O2.ClH/c15-12-5-1-2-6-13(12)19-9-7-14(18)17-8-3-4-11(17)10-16;/h1-2,5-6,11H,3-4,7-10,16H2;1H. The van der Waals surface area contributed by atoms with Crippen molar-refractivity contribution in [1.82, 2.24) is 4.90 Å². The first-order valence-electron chi connectivity index (χ1n) is 6.59. The second kappa shape index (κ2) is 8.35. The summed E-state index contributed by atoms with van der Waals surface area (Å²) in [6.45, 7) is 1.69. The van der Waals surface area contributed by atoms with Crippen molar-refractivity contribution in [3.8, 4) is 5.75 Å². The van der Waals surface area contributed by atoms with E-state index < -0.39 is 0 Å². The third-order valence-electron chi connectivity index (χ3n) is 3.38. The first-order valence-corrected chi connectivity index (χ1v) is 6.97. The Morgan fingerprint density at radius 3 is 2.90 bits per heavy atom. The summed E-state index contributed by atoms with van der Waals surface area (Å²) in [7, 11) is 0. The number of carbonyl (C=O) groups excluding carboxylic acids is 1. The summed E-state index contributed by atoms with van der Waals surface area (Å²) in [4.78, 5) is 13.9. The normalized spacial score (nSPS) is 17.7. The predicted octanol–water partition coefficient (Wildman–Crippen LogP) is 2.48. The van der Waals surface area contributed by atoms with E-state index in [4.69, 9.17) is 22.1 Å². The van der Waals surface area contributed by atoms with Gasteiger partial charge in [0.05, 0.1) is 18.1 Å². The number of benzene rings is 1. The lowest BCUT2D eigenvalue weighted by molar-refractivity contribution is -0.132. The van der Waals surface area contributed by atoms with Crippen molar-refractivity contribution in [2.75, 3.05) is 19.7 Å². The van der Waals surface area contributed by atoms with Crippen LogP contribution in [0.1, 0.15) is 19.3 Å². The molecule has 1 saturated heterocycles. The molecule has 2 N–H and O–H groups in total. The molecule has 0 bridgehead atoms. The van der Waals surface area contributed by atoms with Gasteiger partial charge in [-0.05, 0) is 25.0 Å². The van der Waals surface area contributed by atoms with Gasteiger partial charge >= 0.3 is 0 Å². The first kappa shape index (κ1) is 17.1. The number of hydrogen-bond donors (Lipinski definition) is 1. The van der Waals surface area contributed by atoms with Crippen molar-refractivity contribution in [3.63, 3.8) is 0 Å². The molecule has 0 aliphatic carbocycles. The number of hydrogen-bond acceptors (Lipinski definition) is 3. The molecular weight excluding hydrogens is 299 g/mol. The minimum absolute atomic E-state index is 0. The Kier molecular flexibility index (Phi) is 7.13. The molecule has 1 heterocycles. The zero-order chi connectivity index (χ0) is 13.7. The maximum Gasteiger partial charge on any atom is 0.226 e. The molecular formula is C14H20Cl2N2O2. The molecule has 20 heavy (non-hydrogen) atoms. The van der Waals surface area contributed by atoms with Crippen LogP contribution in [0, 0.1) is 0 Å². The Labute approximate surface area is 130 Å². The quantitative estimate of drug-likeness (QED) is 0.907. The van der Waals surface area contributed by atoms with Crippen molar-refractivity contribution >= 4 is 29.9 Å². The molecule has 1 aliphatic heterocycles. The van der Waals surface area contributed by atoms with Crippen LogP contribution in [0.5, 0.6) is 5.75 Å². The molecule has 1 fully saturated rings. The average molecular weight is 319 g/mol.